The molecule has 0 heterocycles. The molecule has 98 valence electrons. The highest BCUT2D eigenvalue weighted by atomic mass is 35.5. The first-order valence-corrected chi connectivity index (χ1v) is 6.33. The Labute approximate surface area is 117 Å². The molecule has 0 fully saturated rings. The number of rotatable bonds is 4. The highest BCUT2D eigenvalue weighted by Gasteiger charge is 2.07. The van der Waals surface area contributed by atoms with Gasteiger partial charge in [0.05, 0.1) is 17.3 Å². The summed E-state index contributed by atoms with van der Waals surface area (Å²) in [7, 11) is 0. The van der Waals surface area contributed by atoms with Gasteiger partial charge in [0.15, 0.2) is 5.78 Å². The maximum atomic E-state index is 12.0. The van der Waals surface area contributed by atoms with Crippen molar-refractivity contribution in [2.75, 3.05) is 17.6 Å². The molecule has 0 aromatic heterocycles. The minimum Gasteiger partial charge on any atom is -0.398 e. The number of carbonyl (C=O) groups is 1. The number of halogens is 1. The summed E-state index contributed by atoms with van der Waals surface area (Å²) in [6, 6.07) is 12.8. The van der Waals surface area contributed by atoms with Crippen LogP contribution in [0.25, 0.3) is 0 Å². The summed E-state index contributed by atoms with van der Waals surface area (Å²) in [5.41, 5.74) is 8.75. The van der Waals surface area contributed by atoms with Crippen LogP contribution in [-0.4, -0.2) is 12.3 Å². The smallest absolute Gasteiger partial charge is 0.181 e. The molecular formula is C15H15ClN2O. The summed E-state index contributed by atoms with van der Waals surface area (Å²) in [6.07, 6.45) is 0. The Morgan fingerprint density at radius 2 is 1.89 bits per heavy atom. The van der Waals surface area contributed by atoms with Gasteiger partial charge in [0, 0.05) is 11.3 Å². The van der Waals surface area contributed by atoms with Crippen molar-refractivity contribution in [1.82, 2.24) is 0 Å². The van der Waals surface area contributed by atoms with Gasteiger partial charge in [-0.05, 0) is 37.3 Å². The normalized spacial score (nSPS) is 10.2. The zero-order valence-corrected chi connectivity index (χ0v) is 11.4. The average molecular weight is 275 g/mol. The molecule has 0 aliphatic heterocycles. The molecule has 0 amide bonds. The van der Waals surface area contributed by atoms with Gasteiger partial charge in [0.25, 0.3) is 0 Å². The third-order valence-electron chi connectivity index (χ3n) is 2.82. The predicted octanol–water partition coefficient (Wildman–Crippen LogP) is 3.53. The van der Waals surface area contributed by atoms with Gasteiger partial charge in [0.1, 0.15) is 0 Å². The van der Waals surface area contributed by atoms with E-state index in [9.17, 15) is 4.79 Å². The first kappa shape index (κ1) is 13.4. The fourth-order valence-electron chi connectivity index (χ4n) is 1.67. The maximum Gasteiger partial charge on any atom is 0.181 e. The van der Waals surface area contributed by atoms with Crippen LogP contribution in [-0.2, 0) is 0 Å². The molecule has 19 heavy (non-hydrogen) atoms. The number of Topliss-reactive ketones (excluding diaryl/α,β-unsaturated/α-hetero) is 1. The van der Waals surface area contributed by atoms with E-state index in [1.807, 2.05) is 31.2 Å². The van der Waals surface area contributed by atoms with Crippen molar-refractivity contribution >= 4 is 28.8 Å². The standard InChI is InChI=1S/C15H15ClN2O/c1-10-2-5-12(6-3-10)18-9-15(19)11-4-7-13(16)14(17)8-11/h2-8,18H,9,17H2,1H3. The van der Waals surface area contributed by atoms with E-state index in [0.29, 0.717) is 16.3 Å². The van der Waals surface area contributed by atoms with Crippen molar-refractivity contribution in [2.24, 2.45) is 0 Å². The highest BCUT2D eigenvalue weighted by Crippen LogP contribution is 2.19. The summed E-state index contributed by atoms with van der Waals surface area (Å²) in [5.74, 6) is -0.0241. The molecule has 2 aromatic rings. The number of ketones is 1. The molecule has 0 unspecified atom stereocenters. The van der Waals surface area contributed by atoms with Crippen LogP contribution in [0.4, 0.5) is 11.4 Å². The fraction of sp³-hybridized carbons (Fsp3) is 0.133. The summed E-state index contributed by atoms with van der Waals surface area (Å²) in [5, 5.41) is 3.54. The van der Waals surface area contributed by atoms with E-state index in [0.717, 1.165) is 5.69 Å². The molecule has 0 aliphatic carbocycles. The Hall–Kier alpha value is -2.00. The molecular weight excluding hydrogens is 260 g/mol. The molecule has 2 rings (SSSR count). The second-order valence-electron chi connectivity index (χ2n) is 4.38. The van der Waals surface area contributed by atoms with Crippen LogP contribution in [0, 0.1) is 6.92 Å². The van der Waals surface area contributed by atoms with E-state index in [-0.39, 0.29) is 12.3 Å². The SMILES string of the molecule is Cc1ccc(NCC(=O)c2ccc(Cl)c(N)c2)cc1. The van der Waals surface area contributed by atoms with Gasteiger partial charge >= 0.3 is 0 Å². The van der Waals surface area contributed by atoms with Crippen LogP contribution in [0.1, 0.15) is 15.9 Å². The Bertz CT molecular complexity index is 594. The van der Waals surface area contributed by atoms with Crippen molar-refractivity contribution in [1.29, 1.82) is 0 Å². The average Bonchev–Trinajstić information content (AvgIpc) is 2.41. The lowest BCUT2D eigenvalue weighted by Gasteiger charge is -2.07. The van der Waals surface area contributed by atoms with Gasteiger partial charge < -0.3 is 11.1 Å². The minimum atomic E-state index is -0.0241. The number of nitrogens with one attached hydrogen (secondary N) is 1. The molecule has 0 radical (unpaired) electrons. The van der Waals surface area contributed by atoms with Gasteiger partial charge in [-0.25, -0.2) is 0 Å². The van der Waals surface area contributed by atoms with Crippen LogP contribution in [0.15, 0.2) is 42.5 Å². The molecule has 0 saturated heterocycles. The Kier molecular flexibility index (Phi) is 4.07. The van der Waals surface area contributed by atoms with Gasteiger partial charge in [-0.2, -0.15) is 0 Å². The molecule has 0 atom stereocenters. The summed E-state index contributed by atoms with van der Waals surface area (Å²) < 4.78 is 0. The minimum absolute atomic E-state index is 0.0241. The van der Waals surface area contributed by atoms with E-state index in [1.165, 1.54) is 5.56 Å². The van der Waals surface area contributed by atoms with Crippen LogP contribution < -0.4 is 11.1 Å². The number of anilines is 2. The van der Waals surface area contributed by atoms with Crippen LogP contribution in [0.5, 0.6) is 0 Å². The maximum absolute atomic E-state index is 12.0. The third-order valence-corrected chi connectivity index (χ3v) is 3.17. The Morgan fingerprint density at radius 3 is 2.53 bits per heavy atom. The van der Waals surface area contributed by atoms with E-state index >= 15 is 0 Å². The number of benzene rings is 2. The lowest BCUT2D eigenvalue weighted by atomic mass is 10.1. The predicted molar refractivity (Wildman–Crippen MR) is 79.9 cm³/mol. The van der Waals surface area contributed by atoms with Crippen molar-refractivity contribution in [3.05, 3.63) is 58.6 Å². The van der Waals surface area contributed by atoms with Gasteiger partial charge in [-0.3, -0.25) is 4.79 Å². The van der Waals surface area contributed by atoms with Crippen LogP contribution in [0.2, 0.25) is 5.02 Å². The molecule has 0 spiro atoms. The quantitative estimate of drug-likeness (QED) is 0.662. The highest BCUT2D eigenvalue weighted by molar-refractivity contribution is 6.33. The number of nitrogens with two attached hydrogens (primary N) is 1. The third kappa shape index (κ3) is 3.48. The summed E-state index contributed by atoms with van der Waals surface area (Å²) in [4.78, 5) is 12.0. The number of carbonyl (C=O) groups excluding carboxylic acids is 1. The van der Waals surface area contributed by atoms with Gasteiger partial charge in [0.2, 0.25) is 0 Å². The molecule has 2 aromatic carbocycles. The number of aryl methyl sites for hydroxylation is 1. The first-order chi connectivity index (χ1) is 9.06. The van der Waals surface area contributed by atoms with E-state index in [2.05, 4.69) is 5.32 Å². The Morgan fingerprint density at radius 1 is 1.21 bits per heavy atom. The van der Waals surface area contributed by atoms with Crippen molar-refractivity contribution in [3.8, 4) is 0 Å². The zero-order valence-electron chi connectivity index (χ0n) is 10.6. The number of hydrogen-bond donors (Lipinski definition) is 2. The Balaban J connectivity index is 2.01. The van der Waals surface area contributed by atoms with Gasteiger partial charge in [-0.1, -0.05) is 29.3 Å². The van der Waals surface area contributed by atoms with E-state index < -0.39 is 0 Å². The van der Waals surface area contributed by atoms with Crippen molar-refractivity contribution in [2.45, 2.75) is 6.92 Å². The van der Waals surface area contributed by atoms with Gasteiger partial charge in [-0.15, -0.1) is 0 Å². The molecule has 3 nitrogen and oxygen atoms in total. The lowest BCUT2D eigenvalue weighted by Crippen LogP contribution is -2.14. The molecule has 0 bridgehead atoms. The molecule has 0 aliphatic rings. The number of hydrogen-bond acceptors (Lipinski definition) is 3. The molecule has 3 N–H and O–H groups in total. The largest absolute Gasteiger partial charge is 0.398 e. The zero-order chi connectivity index (χ0) is 13.8. The van der Waals surface area contributed by atoms with Crippen LogP contribution in [0.3, 0.4) is 0 Å². The van der Waals surface area contributed by atoms with Crippen LogP contribution >= 0.6 is 11.6 Å². The van der Waals surface area contributed by atoms with E-state index in [4.69, 9.17) is 17.3 Å². The first-order valence-electron chi connectivity index (χ1n) is 5.95. The second kappa shape index (κ2) is 5.76. The monoisotopic (exact) mass is 274 g/mol. The van der Waals surface area contributed by atoms with Crippen molar-refractivity contribution in [3.63, 3.8) is 0 Å². The molecule has 0 saturated carbocycles. The molecule has 4 heteroatoms. The summed E-state index contributed by atoms with van der Waals surface area (Å²) >= 11 is 5.82. The van der Waals surface area contributed by atoms with E-state index in [1.54, 1.807) is 18.2 Å². The van der Waals surface area contributed by atoms with Crippen molar-refractivity contribution < 1.29 is 4.79 Å². The topological polar surface area (TPSA) is 55.1 Å². The lowest BCUT2D eigenvalue weighted by molar-refractivity contribution is 0.101. The number of nitrogen functional groups attached to an aromatic ring is 1. The fourth-order valence-corrected chi connectivity index (χ4v) is 1.79. The summed E-state index contributed by atoms with van der Waals surface area (Å²) in [6.45, 7) is 2.25. The second-order valence-corrected chi connectivity index (χ2v) is 4.79.